The molecule has 13 aliphatic heterocycles. The number of urea groups is 8. The number of phenolic OH excluding ortho intramolecular Hbond substituents is 4. The third-order valence-electron chi connectivity index (χ3n) is 18.7. The third kappa shape index (κ3) is 3.72. The molecule has 13 aliphatic rings. The molecule has 0 radical (unpaired) electrons. The minimum atomic E-state index is -1.55. The van der Waals surface area contributed by atoms with Crippen molar-refractivity contribution >= 4 is 48.2 Å². The number of phenols is 4. The van der Waals surface area contributed by atoms with Crippen LogP contribution in [0.15, 0.2) is 24.3 Å². The van der Waals surface area contributed by atoms with Crippen molar-refractivity contribution in [1.29, 1.82) is 0 Å². The monoisotopic (exact) mass is 964 g/mol. The Morgan fingerprint density at radius 2 is 0.500 bits per heavy atom. The van der Waals surface area contributed by atoms with E-state index in [1.807, 2.05) is 0 Å². The van der Waals surface area contributed by atoms with Crippen molar-refractivity contribution < 1.29 is 58.8 Å². The van der Waals surface area contributed by atoms with Gasteiger partial charge in [-0.15, -0.1) is 0 Å². The van der Waals surface area contributed by atoms with Crippen LogP contribution in [0.3, 0.4) is 0 Å². The molecule has 28 heteroatoms. The van der Waals surface area contributed by atoms with Gasteiger partial charge in [0.25, 0.3) is 0 Å². The molecular formula is C42H44N16O12. The van der Waals surface area contributed by atoms with Crippen molar-refractivity contribution in [3.05, 3.63) is 46.5 Å². The summed E-state index contributed by atoms with van der Waals surface area (Å²) in [6, 6.07) is 0.345. The first kappa shape index (κ1) is 39.8. The first-order chi connectivity index (χ1) is 33.2. The van der Waals surface area contributed by atoms with Crippen LogP contribution in [0.25, 0.3) is 0 Å². The summed E-state index contributed by atoms with van der Waals surface area (Å²) in [6.07, 6.45) is -4.57. The molecule has 11 saturated heterocycles. The lowest BCUT2D eigenvalue weighted by molar-refractivity contribution is -0.0871. The van der Waals surface area contributed by atoms with Gasteiger partial charge in [-0.25, -0.2) is 38.4 Å². The second kappa shape index (κ2) is 11.5. The van der Waals surface area contributed by atoms with Gasteiger partial charge in [0.05, 0.1) is 26.2 Å². The Labute approximate surface area is 395 Å². The smallest absolute Gasteiger partial charge is 0.326 e. The number of fused-ring (bicyclic) bond motifs is 2. The maximum atomic E-state index is 15.2. The summed E-state index contributed by atoms with van der Waals surface area (Å²) in [6.45, 7) is 3.43. The van der Waals surface area contributed by atoms with E-state index in [-0.39, 0.29) is 71.4 Å². The molecule has 11 fully saturated rings. The number of nitrogens with zero attached hydrogens (tertiary/aromatic N) is 16. The fourth-order valence-electron chi connectivity index (χ4n) is 14.7. The topological polar surface area (TPSA) is 269 Å². The highest BCUT2D eigenvalue weighted by atomic mass is 16.3. The fourth-order valence-corrected chi connectivity index (χ4v) is 14.7. The largest absolute Gasteiger partial charge is 0.508 e. The van der Waals surface area contributed by atoms with Crippen LogP contribution >= 0.6 is 0 Å². The highest BCUT2D eigenvalue weighted by molar-refractivity contribution is 5.94. The summed E-state index contributed by atoms with van der Waals surface area (Å²) >= 11 is 0. The zero-order valence-corrected chi connectivity index (χ0v) is 37.9. The molecule has 0 unspecified atom stereocenters. The molecule has 28 nitrogen and oxygen atoms in total. The van der Waals surface area contributed by atoms with Gasteiger partial charge in [0, 0.05) is 22.3 Å². The number of benzene rings is 2. The molecular weight excluding hydrogens is 921 g/mol. The Kier molecular flexibility index (Phi) is 6.50. The van der Waals surface area contributed by atoms with Crippen LogP contribution in [-0.2, 0) is 26.2 Å². The second-order valence-electron chi connectivity index (χ2n) is 20.8. The number of carbonyl (C=O) groups is 8. The van der Waals surface area contributed by atoms with E-state index >= 15 is 19.2 Å². The molecule has 2 aromatic carbocycles. The fraction of sp³-hybridized carbons (Fsp3) is 0.524. The quantitative estimate of drug-likeness (QED) is 0.256. The van der Waals surface area contributed by atoms with Gasteiger partial charge in [0.15, 0.2) is 47.3 Å². The number of hydrogen-bond donors (Lipinski definition) is 4. The number of amides is 16. The van der Waals surface area contributed by atoms with Crippen LogP contribution in [-0.4, -0.2) is 234 Å². The zero-order valence-electron chi connectivity index (χ0n) is 37.9. The lowest BCUT2D eigenvalue weighted by atomic mass is 9.95. The van der Waals surface area contributed by atoms with Crippen LogP contribution in [0.5, 0.6) is 23.0 Å². The van der Waals surface area contributed by atoms with Gasteiger partial charge in [0.2, 0.25) is 0 Å². The molecule has 364 valence electrons. The lowest BCUT2D eigenvalue weighted by Gasteiger charge is -2.49. The summed E-state index contributed by atoms with van der Waals surface area (Å²) in [5.74, 6) is -0.716. The van der Waals surface area contributed by atoms with Crippen molar-refractivity contribution in [2.45, 2.75) is 101 Å². The molecule has 0 spiro atoms. The summed E-state index contributed by atoms with van der Waals surface area (Å²) in [5.41, 5.74) is -5.00. The van der Waals surface area contributed by atoms with Crippen molar-refractivity contribution in [3.63, 3.8) is 0 Å². The van der Waals surface area contributed by atoms with Crippen molar-refractivity contribution in [2.75, 3.05) is 40.0 Å². The molecule has 15 rings (SSSR count). The number of rotatable bonds is 0. The lowest BCUT2D eigenvalue weighted by Crippen LogP contribution is -2.69. The number of hydrogen-bond acceptors (Lipinski definition) is 12. The summed E-state index contributed by atoms with van der Waals surface area (Å²) in [5, 5.41) is 43.9. The van der Waals surface area contributed by atoms with Gasteiger partial charge in [-0.2, -0.15) is 0 Å². The number of aromatic hydroxyl groups is 4. The van der Waals surface area contributed by atoms with Gasteiger partial charge in [-0.1, -0.05) is 0 Å². The Morgan fingerprint density at radius 3 is 0.714 bits per heavy atom. The maximum absolute atomic E-state index is 15.2. The normalized spacial score (nSPS) is 35.9. The van der Waals surface area contributed by atoms with Crippen molar-refractivity contribution in [3.8, 4) is 23.0 Å². The predicted octanol–water partition coefficient (Wildman–Crippen LogP) is 0.0922. The highest BCUT2D eigenvalue weighted by Gasteiger charge is 2.80. The highest BCUT2D eigenvalue weighted by Crippen LogP contribution is 2.59. The zero-order chi connectivity index (χ0) is 48.7. The molecule has 2 aromatic rings. The standard InChI is InChI=1S/C42H44N16O12/c1-39-41(3)55-15-47-29-27-43(31(47)63)13-45-28-30-49(33(45)65)17-57-37(69)53-11-21-22(26(62)8-7-25(21)61)12-54-38(70)58(42(57,4)40(53,54)2)18-50(30)34(66)46(28)14-44(27)32(64)48(29)16-56(41)36(68)52(39)10-20-19(9-51(39)35(55)67)23(59)5-6-24(20)60/h5-8,27-30,59-62H,9-18H2,1-4H3/t27-,28+,29+,30-,39+,40-,41-,42+. The Balaban J connectivity index is 0.814. The second-order valence-corrected chi connectivity index (χ2v) is 20.8. The van der Waals surface area contributed by atoms with E-state index in [1.54, 1.807) is 27.7 Å². The van der Waals surface area contributed by atoms with Crippen LogP contribution in [0.4, 0.5) is 38.4 Å². The van der Waals surface area contributed by atoms with Gasteiger partial charge >= 0.3 is 48.2 Å². The van der Waals surface area contributed by atoms with Crippen molar-refractivity contribution in [2.24, 2.45) is 0 Å². The third-order valence-corrected chi connectivity index (χ3v) is 18.7. The van der Waals surface area contributed by atoms with Crippen LogP contribution < -0.4 is 0 Å². The Bertz CT molecular complexity index is 2660. The average molecular weight is 965 g/mol. The van der Waals surface area contributed by atoms with Crippen molar-refractivity contribution in [1.82, 2.24) is 78.4 Å². The maximum Gasteiger partial charge on any atom is 0.326 e. The van der Waals surface area contributed by atoms with Crippen LogP contribution in [0.1, 0.15) is 49.9 Å². The number of carbonyl (C=O) groups excluding carboxylic acids is 8. The minimum Gasteiger partial charge on any atom is -0.508 e. The van der Waals surface area contributed by atoms with E-state index in [4.69, 9.17) is 0 Å². The molecule has 0 aromatic heterocycles. The van der Waals surface area contributed by atoms with E-state index in [2.05, 4.69) is 0 Å². The first-order valence-electron chi connectivity index (χ1n) is 22.9. The molecule has 4 N–H and O–H groups in total. The van der Waals surface area contributed by atoms with E-state index in [1.165, 1.54) is 103 Å². The van der Waals surface area contributed by atoms with Gasteiger partial charge < -0.3 is 20.4 Å². The van der Waals surface area contributed by atoms with Gasteiger partial charge in [0.1, 0.15) is 63.0 Å². The van der Waals surface area contributed by atoms with Gasteiger partial charge in [-0.3, -0.25) is 78.4 Å². The predicted molar refractivity (Wildman–Crippen MR) is 225 cm³/mol. The van der Waals surface area contributed by atoms with Gasteiger partial charge in [-0.05, 0) is 52.0 Å². The van der Waals surface area contributed by atoms with E-state index < -0.39 is 136 Å². The summed E-state index contributed by atoms with van der Waals surface area (Å²) in [7, 11) is 0. The molecule has 0 atom stereocenters. The molecule has 70 heavy (non-hydrogen) atoms. The first-order valence-corrected chi connectivity index (χ1v) is 22.9. The van der Waals surface area contributed by atoms with E-state index in [9.17, 15) is 39.6 Å². The molecule has 13 heterocycles. The molecule has 16 amide bonds. The summed E-state index contributed by atoms with van der Waals surface area (Å²) in [4.78, 5) is 143. The molecule has 0 saturated carbocycles. The average Bonchev–Trinajstić information content (AvgIpc) is 3.97. The van der Waals surface area contributed by atoms with Crippen LogP contribution in [0, 0.1) is 0 Å². The van der Waals surface area contributed by atoms with E-state index in [0.717, 1.165) is 0 Å². The van der Waals surface area contributed by atoms with Crippen LogP contribution in [0.2, 0.25) is 0 Å². The molecule has 0 bridgehead atoms. The Hall–Kier alpha value is -8.20. The van der Waals surface area contributed by atoms with E-state index in [0.29, 0.717) is 0 Å². The Morgan fingerprint density at radius 1 is 0.314 bits per heavy atom. The minimum absolute atomic E-state index is 0.179. The molecule has 0 aliphatic carbocycles. The SMILES string of the molecule is C[C@]12N3Cc4c(O)ccc(O)c4CN1C(=O)N1CN4C(=O)N5CN6C(=O)N7CN8C(=O)N9Cc%10c(O)ccc(O)c%10CN%10C(=O)N(CN%11C(=O)N(CN%12C(=O)N(CN(C3=O)[C@]12C)[C@@H]4[C@H]%125)[C@@H]6[C@H]%117)[C@]8(C)[C@@]9%10C. The summed E-state index contributed by atoms with van der Waals surface area (Å²) < 4.78 is 0.